The maximum absolute atomic E-state index is 12.9. The van der Waals surface area contributed by atoms with Crippen LogP contribution < -0.4 is 15.4 Å². The van der Waals surface area contributed by atoms with E-state index in [9.17, 15) is 14.0 Å². The molecule has 1 heterocycles. The van der Waals surface area contributed by atoms with Crippen LogP contribution in [0.1, 0.15) is 6.42 Å². The Balaban J connectivity index is 2.18. The molecule has 17 heavy (non-hydrogen) atoms. The predicted octanol–water partition coefficient (Wildman–Crippen LogP) is 0.661. The maximum Gasteiger partial charge on any atom is 0.249 e. The third-order valence-electron chi connectivity index (χ3n) is 2.46. The van der Waals surface area contributed by atoms with E-state index in [1.807, 2.05) is 0 Å². The van der Waals surface area contributed by atoms with Crippen LogP contribution in [-0.2, 0) is 9.59 Å². The Morgan fingerprint density at radius 1 is 1.47 bits per heavy atom. The van der Waals surface area contributed by atoms with Gasteiger partial charge in [0.15, 0.2) is 0 Å². The Hall–Kier alpha value is -2.11. The smallest absolute Gasteiger partial charge is 0.249 e. The minimum absolute atomic E-state index is 0.0688. The summed E-state index contributed by atoms with van der Waals surface area (Å²) in [4.78, 5) is 22.3. The van der Waals surface area contributed by atoms with Gasteiger partial charge in [-0.05, 0) is 12.1 Å². The Labute approximate surface area is 97.0 Å². The lowest BCUT2D eigenvalue weighted by Gasteiger charge is -2.14. The van der Waals surface area contributed by atoms with Gasteiger partial charge in [0.25, 0.3) is 0 Å². The minimum Gasteiger partial charge on any atom is -0.494 e. The Morgan fingerprint density at radius 2 is 2.24 bits per heavy atom. The van der Waals surface area contributed by atoms with Crippen LogP contribution in [0.4, 0.5) is 10.1 Å². The van der Waals surface area contributed by atoms with E-state index in [0.29, 0.717) is 5.69 Å². The van der Waals surface area contributed by atoms with Gasteiger partial charge >= 0.3 is 0 Å². The number of nitrogens with one attached hydrogen (secondary N) is 2. The Kier molecular flexibility index (Phi) is 2.95. The van der Waals surface area contributed by atoms with Gasteiger partial charge in [0.2, 0.25) is 11.8 Å². The van der Waals surface area contributed by atoms with Gasteiger partial charge < -0.3 is 10.1 Å². The minimum atomic E-state index is -0.637. The molecular weight excluding hydrogens is 227 g/mol. The molecule has 1 atom stereocenters. The number of hydrogen-bond donors (Lipinski definition) is 2. The highest BCUT2D eigenvalue weighted by molar-refractivity contribution is 6.06. The number of hydrogen-bond acceptors (Lipinski definition) is 4. The van der Waals surface area contributed by atoms with Crippen LogP contribution in [0.15, 0.2) is 18.2 Å². The molecule has 0 spiro atoms. The van der Waals surface area contributed by atoms with Crippen LogP contribution in [0.5, 0.6) is 5.75 Å². The number of amides is 2. The molecule has 0 bridgehead atoms. The molecule has 1 unspecified atom stereocenters. The molecule has 0 aliphatic carbocycles. The highest BCUT2D eigenvalue weighted by Crippen LogP contribution is 2.26. The van der Waals surface area contributed by atoms with Gasteiger partial charge in [0.1, 0.15) is 17.6 Å². The van der Waals surface area contributed by atoms with Crippen LogP contribution in [0.2, 0.25) is 0 Å². The zero-order chi connectivity index (χ0) is 12.4. The normalized spacial score (nSPS) is 19.1. The summed E-state index contributed by atoms with van der Waals surface area (Å²) >= 11 is 0. The van der Waals surface area contributed by atoms with E-state index in [1.165, 1.54) is 25.3 Å². The fourth-order valence-corrected chi connectivity index (χ4v) is 1.64. The van der Waals surface area contributed by atoms with Crippen molar-refractivity contribution in [3.63, 3.8) is 0 Å². The summed E-state index contributed by atoms with van der Waals surface area (Å²) in [6, 6.07) is 3.28. The van der Waals surface area contributed by atoms with Crippen molar-refractivity contribution in [2.24, 2.45) is 0 Å². The van der Waals surface area contributed by atoms with Crippen molar-refractivity contribution in [3.8, 4) is 5.75 Å². The van der Waals surface area contributed by atoms with Crippen molar-refractivity contribution in [2.75, 3.05) is 12.4 Å². The fraction of sp³-hybridized carbons (Fsp3) is 0.273. The van der Waals surface area contributed by atoms with Gasteiger partial charge in [0.05, 0.1) is 19.2 Å². The van der Waals surface area contributed by atoms with Crippen LogP contribution in [0.25, 0.3) is 0 Å². The molecule has 0 saturated carbocycles. The van der Waals surface area contributed by atoms with E-state index >= 15 is 0 Å². The fourth-order valence-electron chi connectivity index (χ4n) is 1.64. The quantitative estimate of drug-likeness (QED) is 0.759. The third kappa shape index (κ3) is 2.35. The standard InChI is InChI=1S/C11H11FN2O3/c1-17-9-4-6(12)2-3-7(9)13-8-5-10(15)14-11(8)16/h2-4,8,13H,5H2,1H3,(H,14,15,16). The lowest BCUT2D eigenvalue weighted by Crippen LogP contribution is -2.30. The Morgan fingerprint density at radius 3 is 2.82 bits per heavy atom. The summed E-state index contributed by atoms with van der Waals surface area (Å²) in [5.41, 5.74) is 0.476. The molecule has 1 aromatic rings. The number of anilines is 1. The molecule has 1 aliphatic heterocycles. The van der Waals surface area contributed by atoms with Crippen molar-refractivity contribution in [1.82, 2.24) is 5.32 Å². The van der Waals surface area contributed by atoms with Crippen molar-refractivity contribution >= 4 is 17.5 Å². The molecule has 1 aliphatic rings. The average Bonchev–Trinajstić information content (AvgIpc) is 2.60. The number of halogens is 1. The molecule has 2 rings (SSSR count). The summed E-state index contributed by atoms with van der Waals surface area (Å²) in [5.74, 6) is -0.855. The van der Waals surface area contributed by atoms with Gasteiger partial charge in [-0.1, -0.05) is 0 Å². The van der Waals surface area contributed by atoms with Crippen molar-refractivity contribution < 1.29 is 18.7 Å². The largest absolute Gasteiger partial charge is 0.494 e. The van der Waals surface area contributed by atoms with E-state index in [-0.39, 0.29) is 24.0 Å². The van der Waals surface area contributed by atoms with Crippen molar-refractivity contribution in [1.29, 1.82) is 0 Å². The van der Waals surface area contributed by atoms with E-state index in [0.717, 1.165) is 0 Å². The topological polar surface area (TPSA) is 67.4 Å². The molecule has 1 fully saturated rings. The molecule has 5 nitrogen and oxygen atoms in total. The zero-order valence-corrected chi connectivity index (χ0v) is 9.12. The number of imide groups is 1. The molecule has 1 aromatic carbocycles. The highest BCUT2D eigenvalue weighted by Gasteiger charge is 2.30. The van der Waals surface area contributed by atoms with Crippen LogP contribution in [0, 0.1) is 5.82 Å². The second kappa shape index (κ2) is 4.40. The van der Waals surface area contributed by atoms with Crippen LogP contribution >= 0.6 is 0 Å². The van der Waals surface area contributed by atoms with E-state index in [1.54, 1.807) is 0 Å². The maximum atomic E-state index is 12.9. The lowest BCUT2D eigenvalue weighted by molar-refractivity contribution is -0.124. The number of carbonyl (C=O) groups is 2. The van der Waals surface area contributed by atoms with Gasteiger partial charge in [-0.2, -0.15) is 0 Å². The van der Waals surface area contributed by atoms with Crippen LogP contribution in [-0.4, -0.2) is 25.0 Å². The van der Waals surface area contributed by atoms with E-state index < -0.39 is 11.9 Å². The van der Waals surface area contributed by atoms with E-state index in [4.69, 9.17) is 4.74 Å². The lowest BCUT2D eigenvalue weighted by atomic mass is 10.2. The second-order valence-electron chi connectivity index (χ2n) is 3.66. The monoisotopic (exact) mass is 238 g/mol. The van der Waals surface area contributed by atoms with Crippen molar-refractivity contribution in [2.45, 2.75) is 12.5 Å². The first-order valence-electron chi connectivity index (χ1n) is 5.04. The molecule has 0 aromatic heterocycles. The van der Waals surface area contributed by atoms with Gasteiger partial charge in [-0.3, -0.25) is 14.9 Å². The summed E-state index contributed by atoms with van der Waals surface area (Å²) in [6.45, 7) is 0. The first-order chi connectivity index (χ1) is 8.10. The Bertz CT molecular complexity index is 476. The highest BCUT2D eigenvalue weighted by atomic mass is 19.1. The number of benzene rings is 1. The molecule has 1 saturated heterocycles. The first-order valence-corrected chi connectivity index (χ1v) is 5.04. The molecular formula is C11H11FN2O3. The third-order valence-corrected chi connectivity index (χ3v) is 2.46. The van der Waals surface area contributed by atoms with Gasteiger partial charge in [-0.15, -0.1) is 0 Å². The summed E-state index contributed by atoms with van der Waals surface area (Å²) in [6.07, 6.45) is 0.0688. The summed E-state index contributed by atoms with van der Waals surface area (Å²) in [5, 5.41) is 5.02. The summed E-state index contributed by atoms with van der Waals surface area (Å²) in [7, 11) is 1.40. The number of ether oxygens (including phenoxy) is 1. The predicted molar refractivity (Wildman–Crippen MR) is 58.1 cm³/mol. The second-order valence-corrected chi connectivity index (χ2v) is 3.66. The van der Waals surface area contributed by atoms with Crippen LogP contribution in [0.3, 0.4) is 0 Å². The van der Waals surface area contributed by atoms with Gasteiger partial charge in [-0.25, -0.2) is 4.39 Å². The van der Waals surface area contributed by atoms with E-state index in [2.05, 4.69) is 10.6 Å². The van der Waals surface area contributed by atoms with Crippen molar-refractivity contribution in [3.05, 3.63) is 24.0 Å². The van der Waals surface area contributed by atoms with Gasteiger partial charge in [0, 0.05) is 6.07 Å². The SMILES string of the molecule is COc1cc(F)ccc1NC1CC(=O)NC1=O. The number of methoxy groups -OCH3 is 1. The molecule has 2 N–H and O–H groups in total. The first kappa shape index (κ1) is 11.4. The molecule has 2 amide bonds. The molecule has 6 heteroatoms. The molecule has 0 radical (unpaired) electrons. The zero-order valence-electron chi connectivity index (χ0n) is 9.12. The summed E-state index contributed by atoms with van der Waals surface area (Å²) < 4.78 is 17.9. The number of rotatable bonds is 3. The molecule has 90 valence electrons. The number of carbonyl (C=O) groups excluding carboxylic acids is 2. The average molecular weight is 238 g/mol.